The molecule has 0 atom stereocenters. The van der Waals surface area contributed by atoms with E-state index < -0.39 is 11.8 Å². The maximum absolute atomic E-state index is 13.2. The lowest BCUT2D eigenvalue weighted by molar-refractivity contribution is -0.122. The van der Waals surface area contributed by atoms with Gasteiger partial charge in [-0.05, 0) is 11.6 Å². The van der Waals surface area contributed by atoms with E-state index in [1.807, 2.05) is 34.2 Å². The molecule has 6 heterocycles. The zero-order chi connectivity index (χ0) is 25.1. The standard InChI is InChI=1S/C26H23N7O4/c34-24-21(22(25(35)29-24)19-12-28-20-4-5-27-15-33(19)20)18-14-31-6-7-32(26(36)30-8-10-37-11-9-30)13-16-2-1-3-17(18)23(16)31/h1-5,12,14-15H,6-11,13H2,(H,29,34,35). The number of para-hydroxylation sites is 1. The van der Waals surface area contributed by atoms with Crippen molar-refractivity contribution in [3.05, 3.63) is 66.0 Å². The highest BCUT2D eigenvalue weighted by Crippen LogP contribution is 2.38. The van der Waals surface area contributed by atoms with Gasteiger partial charge in [-0.2, -0.15) is 0 Å². The second-order valence-electron chi connectivity index (χ2n) is 9.34. The van der Waals surface area contributed by atoms with Gasteiger partial charge in [0, 0.05) is 56.1 Å². The number of urea groups is 1. The molecular formula is C26H23N7O4. The number of ether oxygens (including phenoxy) is 1. The van der Waals surface area contributed by atoms with Crippen molar-refractivity contribution in [1.82, 2.24) is 34.1 Å². The molecule has 1 fully saturated rings. The van der Waals surface area contributed by atoms with Crippen molar-refractivity contribution in [3.63, 3.8) is 0 Å². The Balaban J connectivity index is 1.34. The molecule has 0 bridgehead atoms. The summed E-state index contributed by atoms with van der Waals surface area (Å²) in [4.78, 5) is 51.6. The summed E-state index contributed by atoms with van der Waals surface area (Å²) in [6.45, 7) is 3.86. The number of fused-ring (bicyclic) bond motifs is 1. The molecule has 0 aliphatic carbocycles. The van der Waals surface area contributed by atoms with Crippen molar-refractivity contribution in [2.45, 2.75) is 13.1 Å². The molecule has 0 radical (unpaired) electrons. The predicted octanol–water partition coefficient (Wildman–Crippen LogP) is 1.52. The molecule has 1 N–H and O–H groups in total. The normalized spacial score (nSPS) is 18.2. The van der Waals surface area contributed by atoms with Crippen LogP contribution in [0.2, 0.25) is 0 Å². The minimum absolute atomic E-state index is 0.0123. The van der Waals surface area contributed by atoms with E-state index in [1.54, 1.807) is 29.2 Å². The lowest BCUT2D eigenvalue weighted by atomic mass is 9.98. The number of carbonyl (C=O) groups is 3. The second kappa shape index (κ2) is 8.27. The molecule has 0 spiro atoms. The van der Waals surface area contributed by atoms with Gasteiger partial charge < -0.3 is 19.1 Å². The smallest absolute Gasteiger partial charge is 0.320 e. The molecule has 37 heavy (non-hydrogen) atoms. The van der Waals surface area contributed by atoms with Crippen LogP contribution in [0.25, 0.3) is 27.7 Å². The highest BCUT2D eigenvalue weighted by atomic mass is 16.5. The fourth-order valence-electron chi connectivity index (χ4n) is 5.55. The van der Waals surface area contributed by atoms with Crippen LogP contribution in [0, 0.1) is 0 Å². The maximum Gasteiger partial charge on any atom is 0.320 e. The number of benzene rings is 1. The van der Waals surface area contributed by atoms with Gasteiger partial charge in [-0.1, -0.05) is 18.2 Å². The van der Waals surface area contributed by atoms with Crippen molar-refractivity contribution < 1.29 is 19.1 Å². The zero-order valence-electron chi connectivity index (χ0n) is 19.9. The molecule has 0 saturated carbocycles. The number of nitrogens with zero attached hydrogens (tertiary/aromatic N) is 6. The van der Waals surface area contributed by atoms with Crippen LogP contribution < -0.4 is 5.32 Å². The Morgan fingerprint density at radius 3 is 2.68 bits per heavy atom. The fourth-order valence-corrected chi connectivity index (χ4v) is 5.55. The molecule has 0 unspecified atom stereocenters. The van der Waals surface area contributed by atoms with E-state index in [1.165, 1.54) is 0 Å². The van der Waals surface area contributed by atoms with E-state index >= 15 is 0 Å². The maximum atomic E-state index is 13.2. The van der Waals surface area contributed by atoms with E-state index in [4.69, 9.17) is 4.74 Å². The number of rotatable bonds is 2. The van der Waals surface area contributed by atoms with Crippen LogP contribution >= 0.6 is 0 Å². The van der Waals surface area contributed by atoms with E-state index in [0.29, 0.717) is 68.4 Å². The first-order chi connectivity index (χ1) is 18.1. The molecule has 4 aromatic rings. The fraction of sp³-hybridized carbons (Fsp3) is 0.269. The molecule has 3 aromatic heterocycles. The van der Waals surface area contributed by atoms with Gasteiger partial charge in [0.15, 0.2) is 0 Å². The van der Waals surface area contributed by atoms with E-state index in [2.05, 4.69) is 19.9 Å². The number of nitrogens with one attached hydrogen (secondary N) is 1. The Kier molecular flexibility index (Phi) is 4.86. The third-order valence-electron chi connectivity index (χ3n) is 7.28. The third kappa shape index (κ3) is 3.34. The number of carbonyl (C=O) groups excluding carboxylic acids is 3. The zero-order valence-corrected chi connectivity index (χ0v) is 19.9. The van der Waals surface area contributed by atoms with Crippen molar-refractivity contribution >= 4 is 45.5 Å². The molecule has 1 saturated heterocycles. The van der Waals surface area contributed by atoms with Gasteiger partial charge in [-0.3, -0.25) is 19.3 Å². The van der Waals surface area contributed by atoms with Crippen molar-refractivity contribution in [3.8, 4) is 0 Å². The number of imide groups is 1. The van der Waals surface area contributed by atoms with Crippen LogP contribution in [-0.2, 0) is 27.4 Å². The molecular weight excluding hydrogens is 474 g/mol. The van der Waals surface area contributed by atoms with Gasteiger partial charge in [0.1, 0.15) is 12.0 Å². The van der Waals surface area contributed by atoms with Crippen LogP contribution in [0.5, 0.6) is 0 Å². The first kappa shape index (κ1) is 21.7. The average Bonchev–Trinajstić information content (AvgIpc) is 3.55. The highest BCUT2D eigenvalue weighted by molar-refractivity contribution is 6.49. The molecule has 1 aromatic carbocycles. The Labute approximate surface area is 210 Å². The third-order valence-corrected chi connectivity index (χ3v) is 7.28. The van der Waals surface area contributed by atoms with Crippen LogP contribution in [0.4, 0.5) is 4.79 Å². The predicted molar refractivity (Wildman–Crippen MR) is 133 cm³/mol. The molecule has 11 heteroatoms. The number of hydrogen-bond donors (Lipinski definition) is 1. The van der Waals surface area contributed by atoms with Gasteiger partial charge in [0.2, 0.25) is 0 Å². The number of aromatic nitrogens is 4. The lowest BCUT2D eigenvalue weighted by Crippen LogP contribution is -2.48. The Bertz CT molecular complexity index is 1640. The van der Waals surface area contributed by atoms with E-state index in [0.717, 1.165) is 16.5 Å². The average molecular weight is 498 g/mol. The van der Waals surface area contributed by atoms with E-state index in [9.17, 15) is 14.4 Å². The summed E-state index contributed by atoms with van der Waals surface area (Å²) in [5.41, 5.74) is 4.37. The minimum Gasteiger partial charge on any atom is -0.378 e. The Morgan fingerprint density at radius 1 is 0.973 bits per heavy atom. The van der Waals surface area contributed by atoms with Crippen LogP contribution in [0.15, 0.2) is 49.2 Å². The Hall–Kier alpha value is -4.51. The van der Waals surface area contributed by atoms with Gasteiger partial charge in [0.25, 0.3) is 11.8 Å². The van der Waals surface area contributed by atoms with Gasteiger partial charge in [-0.15, -0.1) is 0 Å². The SMILES string of the molecule is O=C1NC(=O)C(c2cnc3ccncn23)=C1c1cn2c3c(cccc13)CN(C(=O)N1CCOCC1)CC2. The van der Waals surface area contributed by atoms with Crippen LogP contribution in [-0.4, -0.2) is 79.4 Å². The lowest BCUT2D eigenvalue weighted by Gasteiger charge is -2.32. The van der Waals surface area contributed by atoms with Crippen molar-refractivity contribution in [2.24, 2.45) is 0 Å². The molecule has 11 nitrogen and oxygen atoms in total. The first-order valence-electron chi connectivity index (χ1n) is 12.2. The number of amides is 4. The molecule has 4 amide bonds. The summed E-state index contributed by atoms with van der Waals surface area (Å²) in [5.74, 6) is -0.901. The van der Waals surface area contributed by atoms with Gasteiger partial charge in [0.05, 0.1) is 41.8 Å². The quantitative estimate of drug-likeness (QED) is 0.420. The van der Waals surface area contributed by atoms with Crippen LogP contribution in [0.3, 0.4) is 0 Å². The summed E-state index contributed by atoms with van der Waals surface area (Å²) >= 11 is 0. The first-order valence-corrected chi connectivity index (χ1v) is 12.2. The van der Waals surface area contributed by atoms with Crippen molar-refractivity contribution in [1.29, 1.82) is 0 Å². The summed E-state index contributed by atoms with van der Waals surface area (Å²) in [5, 5.41) is 3.33. The summed E-state index contributed by atoms with van der Waals surface area (Å²) < 4.78 is 9.19. The van der Waals surface area contributed by atoms with E-state index in [-0.39, 0.29) is 11.6 Å². The Morgan fingerprint density at radius 2 is 1.81 bits per heavy atom. The molecule has 186 valence electrons. The largest absolute Gasteiger partial charge is 0.378 e. The minimum atomic E-state index is -0.461. The monoisotopic (exact) mass is 497 g/mol. The number of hydrogen-bond acceptors (Lipinski definition) is 6. The molecule has 3 aliphatic rings. The second-order valence-corrected chi connectivity index (χ2v) is 9.34. The van der Waals surface area contributed by atoms with Gasteiger partial charge >= 0.3 is 6.03 Å². The van der Waals surface area contributed by atoms with Crippen molar-refractivity contribution in [2.75, 3.05) is 32.8 Å². The van der Waals surface area contributed by atoms with Gasteiger partial charge in [-0.25, -0.2) is 14.8 Å². The van der Waals surface area contributed by atoms with Crippen LogP contribution in [0.1, 0.15) is 16.8 Å². The molecule has 7 rings (SSSR count). The summed E-state index contributed by atoms with van der Waals surface area (Å²) in [6, 6.07) is 7.66. The number of imidazole rings is 1. The highest BCUT2D eigenvalue weighted by Gasteiger charge is 2.36. The summed E-state index contributed by atoms with van der Waals surface area (Å²) in [6.07, 6.45) is 6.72. The topological polar surface area (TPSA) is 114 Å². The molecule has 3 aliphatic heterocycles. The number of morpholine rings is 1. The summed E-state index contributed by atoms with van der Waals surface area (Å²) in [7, 11) is 0.